The van der Waals surface area contributed by atoms with Gasteiger partial charge < -0.3 is 68.7 Å². The van der Waals surface area contributed by atoms with E-state index < -0.39 is 31.7 Å². The van der Waals surface area contributed by atoms with Crippen LogP contribution in [0.15, 0.2) is 40.3 Å². The molecule has 2 saturated heterocycles. The van der Waals surface area contributed by atoms with Crippen molar-refractivity contribution in [3.63, 3.8) is 0 Å². The summed E-state index contributed by atoms with van der Waals surface area (Å²) in [6.45, 7) is 3.16. The van der Waals surface area contributed by atoms with Crippen molar-refractivity contribution < 1.29 is 143 Å². The molecule has 0 radical (unpaired) electrons. The molecule has 0 spiro atoms. The maximum Gasteiger partial charge on any atom is 1.00 e. The zero-order valence-corrected chi connectivity index (χ0v) is 52.7. The number of methoxy groups -OCH3 is 1. The molecule has 0 aliphatic carbocycles. The molecule has 80 heavy (non-hydrogen) atoms. The number of hydrogen-bond donors (Lipinski definition) is 4. The number of nitrogens with one attached hydrogen (secondary N) is 2. The fourth-order valence-corrected chi connectivity index (χ4v) is 10.4. The molecule has 0 aromatic heterocycles. The van der Waals surface area contributed by atoms with Crippen LogP contribution < -0.4 is 98.9 Å². The number of fused-ring (bicyclic) bond motifs is 1. The van der Waals surface area contributed by atoms with Crippen molar-refractivity contribution in [2.24, 2.45) is 9.98 Å². The third-order valence-corrected chi connectivity index (χ3v) is 14.9. The van der Waals surface area contributed by atoms with Crippen LogP contribution in [0.1, 0.15) is 107 Å². The summed E-state index contributed by atoms with van der Waals surface area (Å²) in [5.41, 5.74) is 1.18. The Morgan fingerprint density at radius 2 is 1.20 bits per heavy atom. The number of rotatable bonds is 41. The van der Waals surface area contributed by atoms with Gasteiger partial charge in [0, 0.05) is 29.6 Å². The first kappa shape index (κ1) is 72.6. The second-order valence-electron chi connectivity index (χ2n) is 18.0. The molecule has 27 heteroatoms. The predicted molar refractivity (Wildman–Crippen MR) is 291 cm³/mol. The molecule has 0 unspecified atom stereocenters. The fraction of sp³-hybridized carbons (Fsp3) is 0.623. The maximum absolute atomic E-state index is 12.3. The number of benzene rings is 2. The van der Waals surface area contributed by atoms with E-state index >= 15 is 0 Å². The third kappa shape index (κ3) is 31.8. The Morgan fingerprint density at radius 1 is 0.662 bits per heavy atom. The van der Waals surface area contributed by atoms with Crippen LogP contribution in [-0.4, -0.2) is 171 Å². The zero-order valence-electron chi connectivity index (χ0n) is 46.2. The van der Waals surface area contributed by atoms with Gasteiger partial charge in [0.1, 0.15) is 23.0 Å². The van der Waals surface area contributed by atoms with Crippen molar-refractivity contribution in [1.29, 1.82) is 0 Å². The topological polar surface area (TPSA) is 312 Å². The minimum absolute atomic E-state index is 0. The van der Waals surface area contributed by atoms with Crippen LogP contribution in [0, 0.1) is 24.2 Å². The quantitative estimate of drug-likeness (QED) is 0.00798. The second kappa shape index (κ2) is 41.5. The first-order chi connectivity index (χ1) is 37.5. The van der Waals surface area contributed by atoms with Gasteiger partial charge in [0.25, 0.3) is 20.2 Å². The van der Waals surface area contributed by atoms with Crippen LogP contribution in [0.25, 0.3) is 0 Å². The summed E-state index contributed by atoms with van der Waals surface area (Å²) in [7, 11) is -6.89. The smallest absolute Gasteiger partial charge is 0.862 e. The molecule has 2 amide bonds. The Hall–Kier alpha value is -3.51. The molecular formula is C53H74N4Na2O18S3. The summed E-state index contributed by atoms with van der Waals surface area (Å²) < 4.78 is 107. The number of aliphatic imine (C=N–C) groups is 2. The van der Waals surface area contributed by atoms with Crippen LogP contribution in [0.3, 0.4) is 0 Å². The van der Waals surface area contributed by atoms with Gasteiger partial charge in [-0.2, -0.15) is 28.6 Å². The number of esters is 1. The van der Waals surface area contributed by atoms with Gasteiger partial charge in [0.05, 0.1) is 127 Å². The number of carbonyl (C=O) groups is 2. The zero-order chi connectivity index (χ0) is 56.4. The number of urea groups is 1. The average molecular weight is 1200 g/mol. The Labute approximate surface area is 519 Å². The molecule has 0 bridgehead atoms. The van der Waals surface area contributed by atoms with E-state index in [-0.39, 0.29) is 146 Å². The van der Waals surface area contributed by atoms with Crippen molar-refractivity contribution in [3.05, 3.63) is 47.0 Å². The summed E-state index contributed by atoms with van der Waals surface area (Å²) in [5.74, 6) is 9.31. The molecule has 22 nitrogen and oxygen atoms in total. The molecule has 3 atom stereocenters. The van der Waals surface area contributed by atoms with Gasteiger partial charge in [-0.25, -0.2) is 4.79 Å². The Morgan fingerprint density at radius 3 is 1.81 bits per heavy atom. The molecule has 2 fully saturated rings. The van der Waals surface area contributed by atoms with Crippen molar-refractivity contribution in [2.45, 2.75) is 107 Å². The molecule has 2 aliphatic heterocycles. The average Bonchev–Trinajstić information content (AvgIpc) is 3.97. The van der Waals surface area contributed by atoms with Crippen molar-refractivity contribution >= 4 is 55.8 Å². The van der Waals surface area contributed by atoms with E-state index in [4.69, 9.17) is 53.4 Å². The molecule has 0 saturated carbocycles. The molecule has 2 aromatic rings. The van der Waals surface area contributed by atoms with Gasteiger partial charge in [-0.1, -0.05) is 24.2 Å². The number of thioether (sulfide) groups is 1. The van der Waals surface area contributed by atoms with E-state index in [2.05, 4.69) is 38.4 Å². The van der Waals surface area contributed by atoms with Crippen molar-refractivity contribution in [3.8, 4) is 47.2 Å². The molecule has 4 rings (SSSR count). The maximum atomic E-state index is 12.3. The SMILES string of the molecule is C#Cc1cc(OC)c(C#Cc2cc(OCCCS(=O)(=O)O)ccc2OCCCS(=O)(=O)O)cc1OCCCCCC(=O)OCCCCCC([O-])=NCCOCCOCCOCCN=C([O-])CCCC[C@@H]1SC[C@@H]2NC(=O)N[C@@H]21.[Na+].[Na+]. The standard InChI is InChI=1S/C53H76N4O18S3.2Na/c1-3-40-37-46(68-2)42(19-18-41-36-43(72-26-12-34-77(62,63)64)20-21-45(41)73-27-13-35-78(65,66)67)38-47(40)74-24-10-5-7-17-51(60)75-25-11-4-6-15-49(58)54-22-28-69-30-32-71-33-31-70-29-23-55-50(59)16-9-8-14-48-52-44(39-76-48)56-53(61)57-52;;/h1,20-21,36-38,44,48,52H,4-17,22-35,39H2,2H3,(H,54,58)(H,55,59)(H2,56,57,61)(H,62,63,64)(H,65,66,67);;/q;2*+1/p-2/t44-,48-,52-;;/m0../s1. The van der Waals surface area contributed by atoms with Gasteiger partial charge in [-0.15, -0.1) is 6.42 Å². The first-order valence-electron chi connectivity index (χ1n) is 26.1. The minimum atomic E-state index is -4.19. The summed E-state index contributed by atoms with van der Waals surface area (Å²) in [4.78, 5) is 31.9. The third-order valence-electron chi connectivity index (χ3n) is 11.8. The fourth-order valence-electron chi connectivity index (χ4n) is 7.85. The molecular weight excluding hydrogens is 1120 g/mol. The number of carbonyl (C=O) groups excluding carboxylic acids is 2. The van der Waals surface area contributed by atoms with Gasteiger partial charge in [0.15, 0.2) is 0 Å². The Balaban J connectivity index is 0.0000109. The number of unbranched alkanes of at least 4 members (excludes halogenated alkanes) is 5. The molecule has 434 valence electrons. The van der Waals surface area contributed by atoms with Crippen molar-refractivity contribution in [2.75, 3.05) is 104 Å². The number of amides is 2. The van der Waals surface area contributed by atoms with E-state index in [1.807, 2.05) is 11.8 Å². The van der Waals surface area contributed by atoms with E-state index in [0.717, 1.165) is 25.0 Å². The van der Waals surface area contributed by atoms with Crippen LogP contribution >= 0.6 is 11.8 Å². The van der Waals surface area contributed by atoms with Crippen LogP contribution in [0.2, 0.25) is 0 Å². The number of terminal acetylenes is 1. The summed E-state index contributed by atoms with van der Waals surface area (Å²) in [5, 5.41) is 30.5. The van der Waals surface area contributed by atoms with Gasteiger partial charge in [-0.05, 0) is 107 Å². The summed E-state index contributed by atoms with van der Waals surface area (Å²) >= 11 is 1.87. The Kier molecular flexibility index (Phi) is 37.6. The van der Waals surface area contributed by atoms with Gasteiger partial charge in [0.2, 0.25) is 0 Å². The first-order valence-corrected chi connectivity index (χ1v) is 30.4. The van der Waals surface area contributed by atoms with E-state index in [1.54, 1.807) is 30.3 Å². The van der Waals surface area contributed by atoms with Crippen LogP contribution in [0.4, 0.5) is 4.79 Å². The van der Waals surface area contributed by atoms with Gasteiger partial charge in [-0.3, -0.25) is 13.9 Å². The summed E-state index contributed by atoms with van der Waals surface area (Å²) in [6.07, 6.45) is 13.3. The number of hydrogen-bond acceptors (Lipinski definition) is 19. The largest absolute Gasteiger partial charge is 1.00 e. The minimum Gasteiger partial charge on any atom is -0.862 e. The normalized spacial score (nSPS) is 15.9. The molecule has 2 aliphatic rings. The molecule has 4 N–H and O–H groups in total. The predicted octanol–water partition coefficient (Wildman–Crippen LogP) is -2.27. The van der Waals surface area contributed by atoms with E-state index in [9.17, 15) is 36.6 Å². The number of nitrogens with zero attached hydrogens (tertiary/aromatic N) is 2. The van der Waals surface area contributed by atoms with E-state index in [1.165, 1.54) is 7.11 Å². The van der Waals surface area contributed by atoms with Crippen LogP contribution in [-0.2, 0) is 44.0 Å². The second-order valence-corrected chi connectivity index (χ2v) is 22.4. The monoisotopic (exact) mass is 1200 g/mol. The van der Waals surface area contributed by atoms with Crippen molar-refractivity contribution in [1.82, 2.24) is 10.6 Å². The van der Waals surface area contributed by atoms with Gasteiger partial charge >= 0.3 is 71.1 Å². The van der Waals surface area contributed by atoms with E-state index in [0.29, 0.717) is 143 Å². The van der Waals surface area contributed by atoms with Crippen LogP contribution in [0.5, 0.6) is 23.0 Å². The molecule has 2 heterocycles. The number of ether oxygens (including phenoxy) is 8. The molecule has 2 aromatic carbocycles. The Bertz CT molecular complexity index is 2580. The summed E-state index contributed by atoms with van der Waals surface area (Å²) in [6, 6.07) is 8.22.